The number of hydrogen-bond donors (Lipinski definition) is 0. The monoisotopic (exact) mass is 170 g/mol. The van der Waals surface area contributed by atoms with Crippen LogP contribution < -0.4 is 0 Å². The average Bonchev–Trinajstić information content (AvgIpc) is 2.80. The minimum absolute atomic E-state index is 0.0295. The summed E-state index contributed by atoms with van der Waals surface area (Å²) in [7, 11) is 0. The highest BCUT2D eigenvalue weighted by molar-refractivity contribution is 5.69. The van der Waals surface area contributed by atoms with Crippen molar-refractivity contribution in [2.45, 2.75) is 44.3 Å². The first-order valence-corrected chi connectivity index (χ1v) is 4.65. The summed E-state index contributed by atoms with van der Waals surface area (Å²) in [6, 6.07) is 0. The van der Waals surface area contributed by atoms with Crippen molar-refractivity contribution >= 4 is 5.97 Å². The maximum absolute atomic E-state index is 11.0. The van der Waals surface area contributed by atoms with Gasteiger partial charge in [-0.3, -0.25) is 4.79 Å². The Morgan fingerprint density at radius 2 is 2.17 bits per heavy atom. The lowest BCUT2D eigenvalue weighted by Crippen LogP contribution is -2.17. The Bertz CT molecular complexity index is 175. The molecule has 0 saturated carbocycles. The molecule has 3 nitrogen and oxygen atoms in total. The van der Waals surface area contributed by atoms with Gasteiger partial charge in [0.15, 0.2) is 0 Å². The number of esters is 1. The Labute approximate surface area is 72.0 Å². The number of carbonyl (C=O) groups is 1. The van der Waals surface area contributed by atoms with Gasteiger partial charge in [-0.2, -0.15) is 0 Å². The van der Waals surface area contributed by atoms with Crippen molar-refractivity contribution in [1.29, 1.82) is 0 Å². The molecule has 0 aromatic rings. The number of epoxide rings is 1. The molecule has 0 aromatic carbocycles. The van der Waals surface area contributed by atoms with Crippen LogP contribution in [-0.2, 0) is 14.3 Å². The molecule has 2 aliphatic heterocycles. The van der Waals surface area contributed by atoms with Crippen molar-refractivity contribution in [1.82, 2.24) is 0 Å². The lowest BCUT2D eigenvalue weighted by atomic mass is 10.1. The van der Waals surface area contributed by atoms with Crippen LogP contribution in [0.5, 0.6) is 0 Å². The lowest BCUT2D eigenvalue weighted by Gasteiger charge is -2.12. The molecule has 2 heterocycles. The molecule has 0 N–H and O–H groups in total. The standard InChI is InChI=1S/C9H14O3/c10-9-4-2-1-3-7(12-9)5-8-6-11-8/h7-8H,1-6H2. The van der Waals surface area contributed by atoms with E-state index in [2.05, 4.69) is 0 Å². The second kappa shape index (κ2) is 3.44. The zero-order valence-corrected chi connectivity index (χ0v) is 7.12. The number of ether oxygens (including phenoxy) is 2. The zero-order valence-electron chi connectivity index (χ0n) is 7.12. The predicted octanol–water partition coefficient (Wildman–Crippen LogP) is 1.26. The molecule has 3 heteroatoms. The molecule has 2 aliphatic rings. The number of cyclic esters (lactones) is 1. The third kappa shape index (κ3) is 2.21. The minimum atomic E-state index is -0.0295. The molecule has 2 fully saturated rings. The van der Waals surface area contributed by atoms with E-state index >= 15 is 0 Å². The van der Waals surface area contributed by atoms with E-state index in [9.17, 15) is 4.79 Å². The van der Waals surface area contributed by atoms with Crippen LogP contribution in [-0.4, -0.2) is 24.8 Å². The molecular formula is C9H14O3. The number of rotatable bonds is 2. The SMILES string of the molecule is O=C1CCCCC(CC2CO2)O1. The Morgan fingerprint density at radius 3 is 2.92 bits per heavy atom. The molecule has 2 unspecified atom stereocenters. The summed E-state index contributed by atoms with van der Waals surface area (Å²) in [6.45, 7) is 0.855. The first-order valence-electron chi connectivity index (χ1n) is 4.65. The van der Waals surface area contributed by atoms with E-state index in [1.54, 1.807) is 0 Å². The van der Waals surface area contributed by atoms with Gasteiger partial charge < -0.3 is 9.47 Å². The fourth-order valence-electron chi connectivity index (χ4n) is 1.61. The van der Waals surface area contributed by atoms with Crippen LogP contribution in [0, 0.1) is 0 Å². The Balaban J connectivity index is 1.81. The van der Waals surface area contributed by atoms with Crippen molar-refractivity contribution in [2.75, 3.05) is 6.61 Å². The molecular weight excluding hydrogens is 156 g/mol. The smallest absolute Gasteiger partial charge is 0.306 e. The van der Waals surface area contributed by atoms with Crippen LogP contribution in [0.2, 0.25) is 0 Å². The fourth-order valence-corrected chi connectivity index (χ4v) is 1.61. The number of hydrogen-bond acceptors (Lipinski definition) is 3. The molecule has 12 heavy (non-hydrogen) atoms. The van der Waals surface area contributed by atoms with Gasteiger partial charge in [-0.15, -0.1) is 0 Å². The zero-order chi connectivity index (χ0) is 8.39. The Hall–Kier alpha value is -0.570. The largest absolute Gasteiger partial charge is 0.462 e. The van der Waals surface area contributed by atoms with E-state index in [1.165, 1.54) is 0 Å². The van der Waals surface area contributed by atoms with Crippen LogP contribution in [0.15, 0.2) is 0 Å². The predicted molar refractivity (Wildman–Crippen MR) is 42.7 cm³/mol. The van der Waals surface area contributed by atoms with E-state index in [1.807, 2.05) is 0 Å². The highest BCUT2D eigenvalue weighted by Crippen LogP contribution is 2.23. The summed E-state index contributed by atoms with van der Waals surface area (Å²) in [5, 5.41) is 0. The van der Waals surface area contributed by atoms with E-state index in [4.69, 9.17) is 9.47 Å². The van der Waals surface area contributed by atoms with Crippen LogP contribution in [0.4, 0.5) is 0 Å². The fraction of sp³-hybridized carbons (Fsp3) is 0.889. The quantitative estimate of drug-likeness (QED) is 0.462. The van der Waals surface area contributed by atoms with Crippen LogP contribution >= 0.6 is 0 Å². The maximum Gasteiger partial charge on any atom is 0.306 e. The van der Waals surface area contributed by atoms with Crippen molar-refractivity contribution < 1.29 is 14.3 Å². The lowest BCUT2D eigenvalue weighted by molar-refractivity contribution is -0.148. The normalized spacial score (nSPS) is 35.5. The second-order valence-corrected chi connectivity index (χ2v) is 3.55. The second-order valence-electron chi connectivity index (χ2n) is 3.55. The first-order chi connectivity index (χ1) is 5.84. The van der Waals surface area contributed by atoms with Crippen molar-refractivity contribution in [3.8, 4) is 0 Å². The van der Waals surface area contributed by atoms with Gasteiger partial charge in [0, 0.05) is 12.8 Å². The summed E-state index contributed by atoms with van der Waals surface area (Å²) in [5.41, 5.74) is 0. The highest BCUT2D eigenvalue weighted by atomic mass is 16.6. The van der Waals surface area contributed by atoms with Gasteiger partial charge in [0.05, 0.1) is 12.7 Å². The van der Waals surface area contributed by atoms with Gasteiger partial charge in [0.1, 0.15) is 6.10 Å². The molecule has 68 valence electrons. The Morgan fingerprint density at radius 1 is 1.33 bits per heavy atom. The molecule has 0 amide bonds. The van der Waals surface area contributed by atoms with Gasteiger partial charge in [0.25, 0.3) is 0 Å². The molecule has 2 saturated heterocycles. The third-order valence-corrected chi connectivity index (χ3v) is 2.38. The van der Waals surface area contributed by atoms with Crippen LogP contribution in [0.3, 0.4) is 0 Å². The molecule has 2 atom stereocenters. The van der Waals surface area contributed by atoms with Crippen molar-refractivity contribution in [3.63, 3.8) is 0 Å². The Kier molecular flexibility index (Phi) is 2.30. The van der Waals surface area contributed by atoms with Gasteiger partial charge in [-0.05, 0) is 19.3 Å². The molecule has 2 rings (SSSR count). The number of carbonyl (C=O) groups excluding carboxylic acids is 1. The summed E-state index contributed by atoms with van der Waals surface area (Å²) in [6.07, 6.45) is 5.14. The highest BCUT2D eigenvalue weighted by Gasteiger charge is 2.29. The van der Waals surface area contributed by atoms with E-state index < -0.39 is 0 Å². The molecule has 0 radical (unpaired) electrons. The van der Waals surface area contributed by atoms with Crippen molar-refractivity contribution in [3.05, 3.63) is 0 Å². The first kappa shape index (κ1) is 8.05. The molecule has 0 aromatic heterocycles. The summed E-state index contributed by atoms with van der Waals surface area (Å²) < 4.78 is 10.3. The van der Waals surface area contributed by atoms with E-state index in [0.717, 1.165) is 32.3 Å². The molecule has 0 aliphatic carbocycles. The third-order valence-electron chi connectivity index (χ3n) is 2.38. The van der Waals surface area contributed by atoms with E-state index in [0.29, 0.717) is 12.5 Å². The minimum Gasteiger partial charge on any atom is -0.462 e. The van der Waals surface area contributed by atoms with Gasteiger partial charge in [-0.25, -0.2) is 0 Å². The van der Waals surface area contributed by atoms with Crippen molar-refractivity contribution in [2.24, 2.45) is 0 Å². The molecule has 0 spiro atoms. The van der Waals surface area contributed by atoms with E-state index in [-0.39, 0.29) is 12.1 Å². The average molecular weight is 170 g/mol. The summed E-state index contributed by atoms with van der Waals surface area (Å²) >= 11 is 0. The maximum atomic E-state index is 11.0. The van der Waals surface area contributed by atoms with Gasteiger partial charge in [0.2, 0.25) is 0 Å². The summed E-state index contributed by atoms with van der Waals surface area (Å²) in [5.74, 6) is -0.0295. The van der Waals surface area contributed by atoms with Crippen LogP contribution in [0.25, 0.3) is 0 Å². The molecule has 0 bridgehead atoms. The topological polar surface area (TPSA) is 38.8 Å². The van der Waals surface area contributed by atoms with Gasteiger partial charge in [-0.1, -0.05) is 0 Å². The summed E-state index contributed by atoms with van der Waals surface area (Å²) in [4.78, 5) is 11.0. The van der Waals surface area contributed by atoms with Gasteiger partial charge >= 0.3 is 5.97 Å². The van der Waals surface area contributed by atoms with Crippen LogP contribution in [0.1, 0.15) is 32.1 Å².